The topological polar surface area (TPSA) is 41.4 Å². The maximum absolute atomic E-state index is 11.9. The maximum atomic E-state index is 11.9. The van der Waals surface area contributed by atoms with Gasteiger partial charge in [0.05, 0.1) is 11.0 Å². The van der Waals surface area contributed by atoms with Gasteiger partial charge in [0, 0.05) is 37.8 Å². The first kappa shape index (κ1) is 16.8. The molecule has 1 aromatic heterocycles. The fourth-order valence-electron chi connectivity index (χ4n) is 3.62. The van der Waals surface area contributed by atoms with Crippen LogP contribution in [0.2, 0.25) is 0 Å². The summed E-state index contributed by atoms with van der Waals surface area (Å²) in [6.07, 6.45) is 1.37. The molecule has 0 bridgehead atoms. The van der Waals surface area contributed by atoms with E-state index in [9.17, 15) is 4.79 Å². The maximum Gasteiger partial charge on any atom is 0.227 e. The summed E-state index contributed by atoms with van der Waals surface area (Å²) in [5.74, 6) is 1.18. The molecule has 0 radical (unpaired) electrons. The fourth-order valence-corrected chi connectivity index (χ4v) is 3.62. The van der Waals surface area contributed by atoms with Crippen molar-refractivity contribution in [2.24, 2.45) is 0 Å². The van der Waals surface area contributed by atoms with Gasteiger partial charge in [-0.2, -0.15) is 0 Å². The molecule has 0 atom stereocenters. The largest absolute Gasteiger partial charge is 0.323 e. The first-order chi connectivity index (χ1) is 12.5. The second kappa shape index (κ2) is 6.57. The fraction of sp³-hybridized carbons (Fsp3) is 0.333. The smallest absolute Gasteiger partial charge is 0.227 e. The van der Waals surface area contributed by atoms with Gasteiger partial charge >= 0.3 is 0 Å². The number of aromatic nitrogens is 2. The number of imidazole rings is 1. The van der Waals surface area contributed by atoms with Gasteiger partial charge in [0.1, 0.15) is 5.82 Å². The molecule has 1 amide bonds. The van der Waals surface area contributed by atoms with Crippen molar-refractivity contribution in [3.8, 4) is 11.4 Å². The number of nitrogens with zero attached hydrogens (tertiary/aromatic N) is 4. The van der Waals surface area contributed by atoms with Crippen LogP contribution in [0, 0.1) is 0 Å². The van der Waals surface area contributed by atoms with E-state index in [1.807, 2.05) is 13.1 Å². The Morgan fingerprint density at radius 2 is 1.92 bits per heavy atom. The van der Waals surface area contributed by atoms with E-state index in [0.29, 0.717) is 6.42 Å². The number of rotatable bonds is 4. The molecule has 1 aliphatic heterocycles. The molecule has 0 unspecified atom stereocenters. The summed E-state index contributed by atoms with van der Waals surface area (Å²) < 4.78 is 2.30. The summed E-state index contributed by atoms with van der Waals surface area (Å²) >= 11 is 0. The molecular formula is C21H24N4O. The SMILES string of the molecule is CN(C)CCn1c(-c2ccc3c(c2)CCC(=O)N3C)nc2ccccc21. The normalized spacial score (nSPS) is 14.3. The van der Waals surface area contributed by atoms with E-state index in [4.69, 9.17) is 4.98 Å². The van der Waals surface area contributed by atoms with Gasteiger partial charge in [-0.05, 0) is 56.4 Å². The first-order valence-electron chi connectivity index (χ1n) is 9.04. The highest BCUT2D eigenvalue weighted by Crippen LogP contribution is 2.32. The summed E-state index contributed by atoms with van der Waals surface area (Å²) in [7, 11) is 6.03. The summed E-state index contributed by atoms with van der Waals surface area (Å²) in [4.78, 5) is 20.8. The van der Waals surface area contributed by atoms with Gasteiger partial charge in [-0.1, -0.05) is 12.1 Å². The van der Waals surface area contributed by atoms with Gasteiger partial charge in [0.15, 0.2) is 0 Å². The Kier molecular flexibility index (Phi) is 4.24. The zero-order valence-corrected chi connectivity index (χ0v) is 15.6. The van der Waals surface area contributed by atoms with Crippen molar-refractivity contribution in [3.05, 3.63) is 48.0 Å². The minimum absolute atomic E-state index is 0.184. The van der Waals surface area contributed by atoms with Gasteiger partial charge < -0.3 is 14.4 Å². The Hall–Kier alpha value is -2.66. The number of fused-ring (bicyclic) bond motifs is 2. The number of anilines is 1. The third kappa shape index (κ3) is 2.88. The number of likely N-dealkylation sites (N-methyl/N-ethyl adjacent to an activating group) is 1. The average molecular weight is 348 g/mol. The quantitative estimate of drug-likeness (QED) is 0.727. The Morgan fingerprint density at radius 1 is 1.12 bits per heavy atom. The van der Waals surface area contributed by atoms with E-state index in [2.05, 4.69) is 60.0 Å². The van der Waals surface area contributed by atoms with Crippen LogP contribution in [0.3, 0.4) is 0 Å². The van der Waals surface area contributed by atoms with Crippen LogP contribution in [0.4, 0.5) is 5.69 Å². The molecule has 0 aliphatic carbocycles. The van der Waals surface area contributed by atoms with Crippen LogP contribution in [-0.4, -0.2) is 48.0 Å². The Bertz CT molecular complexity index is 973. The number of carbonyl (C=O) groups excluding carboxylic acids is 1. The van der Waals surface area contributed by atoms with E-state index in [-0.39, 0.29) is 5.91 Å². The zero-order chi connectivity index (χ0) is 18.3. The molecule has 134 valence electrons. The molecule has 5 heteroatoms. The minimum atomic E-state index is 0.184. The van der Waals surface area contributed by atoms with Crippen LogP contribution in [0.1, 0.15) is 12.0 Å². The monoisotopic (exact) mass is 348 g/mol. The lowest BCUT2D eigenvalue weighted by Gasteiger charge is -2.26. The van der Waals surface area contributed by atoms with E-state index in [1.165, 1.54) is 5.56 Å². The van der Waals surface area contributed by atoms with Crippen LogP contribution >= 0.6 is 0 Å². The highest BCUT2D eigenvalue weighted by Gasteiger charge is 2.22. The molecular weight excluding hydrogens is 324 g/mol. The van der Waals surface area contributed by atoms with Crippen LogP contribution < -0.4 is 4.90 Å². The third-order valence-corrected chi connectivity index (χ3v) is 5.11. The number of para-hydroxylation sites is 2. The van der Waals surface area contributed by atoms with Crippen molar-refractivity contribution >= 4 is 22.6 Å². The molecule has 5 nitrogen and oxygen atoms in total. The van der Waals surface area contributed by atoms with Crippen molar-refractivity contribution in [3.63, 3.8) is 0 Å². The van der Waals surface area contributed by atoms with Crippen molar-refractivity contribution in [2.45, 2.75) is 19.4 Å². The van der Waals surface area contributed by atoms with Crippen molar-refractivity contribution in [1.82, 2.24) is 14.5 Å². The number of aryl methyl sites for hydroxylation is 1. The van der Waals surface area contributed by atoms with Crippen LogP contribution in [0.25, 0.3) is 22.4 Å². The number of carbonyl (C=O) groups is 1. The van der Waals surface area contributed by atoms with E-state index in [1.54, 1.807) is 4.90 Å². The lowest BCUT2D eigenvalue weighted by atomic mass is 9.99. The highest BCUT2D eigenvalue weighted by atomic mass is 16.2. The van der Waals surface area contributed by atoms with Gasteiger partial charge in [0.2, 0.25) is 5.91 Å². The molecule has 0 fully saturated rings. The molecule has 4 rings (SSSR count). The summed E-state index contributed by atoms with van der Waals surface area (Å²) in [6.45, 7) is 1.84. The van der Waals surface area contributed by atoms with Crippen molar-refractivity contribution in [1.29, 1.82) is 0 Å². The van der Waals surface area contributed by atoms with Gasteiger partial charge in [-0.3, -0.25) is 4.79 Å². The van der Waals surface area contributed by atoms with Gasteiger partial charge in [0.25, 0.3) is 0 Å². The molecule has 26 heavy (non-hydrogen) atoms. The Balaban J connectivity index is 1.81. The zero-order valence-electron chi connectivity index (χ0n) is 15.6. The summed E-state index contributed by atoms with van der Waals surface area (Å²) in [5.41, 5.74) is 5.53. The predicted molar refractivity (Wildman–Crippen MR) is 105 cm³/mol. The number of hydrogen-bond donors (Lipinski definition) is 0. The average Bonchev–Trinajstić information content (AvgIpc) is 3.01. The summed E-state index contributed by atoms with van der Waals surface area (Å²) in [5, 5.41) is 0. The third-order valence-electron chi connectivity index (χ3n) is 5.11. The Morgan fingerprint density at radius 3 is 2.73 bits per heavy atom. The van der Waals surface area contributed by atoms with Crippen LogP contribution in [-0.2, 0) is 17.8 Å². The molecule has 0 spiro atoms. The predicted octanol–water partition coefficient (Wildman–Crippen LogP) is 3.17. The molecule has 2 heterocycles. The molecule has 0 saturated heterocycles. The van der Waals surface area contributed by atoms with Crippen LogP contribution in [0.5, 0.6) is 0 Å². The van der Waals surface area contributed by atoms with Crippen molar-refractivity contribution < 1.29 is 4.79 Å². The van der Waals surface area contributed by atoms with Gasteiger partial charge in [-0.15, -0.1) is 0 Å². The second-order valence-electron chi connectivity index (χ2n) is 7.18. The van der Waals surface area contributed by atoms with E-state index in [0.717, 1.165) is 47.6 Å². The van der Waals surface area contributed by atoms with E-state index < -0.39 is 0 Å². The standard InChI is InChI=1S/C21H24N4O/c1-23(2)12-13-25-19-7-5-4-6-17(19)22-21(25)16-8-10-18-15(14-16)9-11-20(26)24(18)3/h4-8,10,14H,9,11-13H2,1-3H3. The number of hydrogen-bond acceptors (Lipinski definition) is 3. The number of benzene rings is 2. The molecule has 1 aliphatic rings. The van der Waals surface area contributed by atoms with Crippen LogP contribution in [0.15, 0.2) is 42.5 Å². The highest BCUT2D eigenvalue weighted by molar-refractivity contribution is 5.96. The molecule has 0 N–H and O–H groups in total. The molecule has 0 saturated carbocycles. The van der Waals surface area contributed by atoms with Gasteiger partial charge in [-0.25, -0.2) is 4.98 Å². The molecule has 3 aromatic rings. The minimum Gasteiger partial charge on any atom is -0.323 e. The summed E-state index contributed by atoms with van der Waals surface area (Å²) in [6, 6.07) is 14.6. The van der Waals surface area contributed by atoms with E-state index >= 15 is 0 Å². The molecule has 2 aromatic carbocycles. The Labute approximate surface area is 153 Å². The first-order valence-corrected chi connectivity index (χ1v) is 9.04. The van der Waals surface area contributed by atoms with Crippen molar-refractivity contribution in [2.75, 3.05) is 32.6 Å². The lowest BCUT2D eigenvalue weighted by molar-refractivity contribution is -0.118. The lowest BCUT2D eigenvalue weighted by Crippen LogP contribution is -2.31. The number of amides is 1. The second-order valence-corrected chi connectivity index (χ2v) is 7.18.